The Morgan fingerprint density at radius 3 is 2.57 bits per heavy atom. The molecule has 6 heteroatoms. The molecular weight excluding hydrogens is 290 g/mol. The minimum absolute atomic E-state index is 0.156. The Bertz CT molecular complexity index is 722. The summed E-state index contributed by atoms with van der Waals surface area (Å²) in [6.07, 6.45) is 1.91. The molecule has 0 aliphatic heterocycles. The van der Waals surface area contributed by atoms with Crippen LogP contribution >= 0.6 is 0 Å². The lowest BCUT2D eigenvalue weighted by molar-refractivity contribution is 0.100. The second-order valence-electron chi connectivity index (χ2n) is 6.47. The van der Waals surface area contributed by atoms with E-state index in [2.05, 4.69) is 16.5 Å². The van der Waals surface area contributed by atoms with E-state index in [9.17, 15) is 4.79 Å². The van der Waals surface area contributed by atoms with Gasteiger partial charge in [0.25, 0.3) is 5.91 Å². The van der Waals surface area contributed by atoms with Crippen LogP contribution in [0.1, 0.15) is 43.6 Å². The van der Waals surface area contributed by atoms with E-state index < -0.39 is 5.91 Å². The van der Waals surface area contributed by atoms with Crippen molar-refractivity contribution in [1.29, 1.82) is 5.26 Å². The molecule has 0 saturated heterocycles. The fourth-order valence-corrected chi connectivity index (χ4v) is 2.37. The SMILES string of the molecule is CC(C)(C)C(CC#N)n1cc(C(N)=O)c(Nc2ccccc2)n1. The Balaban J connectivity index is 2.42. The molecule has 0 saturated carbocycles. The molecule has 1 aromatic heterocycles. The van der Waals surface area contributed by atoms with E-state index in [0.29, 0.717) is 17.8 Å². The number of amides is 1. The molecule has 1 unspecified atom stereocenters. The number of anilines is 2. The summed E-state index contributed by atoms with van der Waals surface area (Å²) in [6, 6.07) is 11.5. The van der Waals surface area contributed by atoms with Gasteiger partial charge in [-0.1, -0.05) is 39.0 Å². The Morgan fingerprint density at radius 1 is 1.39 bits per heavy atom. The first-order valence-corrected chi connectivity index (χ1v) is 7.41. The zero-order chi connectivity index (χ0) is 17.0. The van der Waals surface area contributed by atoms with Gasteiger partial charge >= 0.3 is 0 Å². The average molecular weight is 311 g/mol. The summed E-state index contributed by atoms with van der Waals surface area (Å²) in [5.41, 5.74) is 6.41. The summed E-state index contributed by atoms with van der Waals surface area (Å²) in [7, 11) is 0. The maximum atomic E-state index is 11.7. The zero-order valence-corrected chi connectivity index (χ0v) is 13.6. The molecule has 2 aromatic rings. The number of rotatable bonds is 5. The molecule has 0 radical (unpaired) electrons. The van der Waals surface area contributed by atoms with E-state index in [1.54, 1.807) is 10.9 Å². The molecule has 120 valence electrons. The van der Waals surface area contributed by atoms with E-state index >= 15 is 0 Å². The number of benzene rings is 1. The van der Waals surface area contributed by atoms with Gasteiger partial charge in [-0.2, -0.15) is 10.4 Å². The van der Waals surface area contributed by atoms with Gasteiger partial charge in [-0.05, 0) is 17.5 Å². The van der Waals surface area contributed by atoms with Crippen LogP contribution < -0.4 is 11.1 Å². The zero-order valence-electron chi connectivity index (χ0n) is 13.6. The fraction of sp³-hybridized carbons (Fsp3) is 0.353. The lowest BCUT2D eigenvalue weighted by Gasteiger charge is -2.28. The normalized spacial score (nSPS) is 12.4. The summed E-state index contributed by atoms with van der Waals surface area (Å²) >= 11 is 0. The molecule has 0 bridgehead atoms. The second-order valence-corrected chi connectivity index (χ2v) is 6.47. The smallest absolute Gasteiger partial charge is 0.254 e. The van der Waals surface area contributed by atoms with Crippen molar-refractivity contribution in [3.05, 3.63) is 42.1 Å². The van der Waals surface area contributed by atoms with Crippen LogP contribution in [0.25, 0.3) is 0 Å². The van der Waals surface area contributed by atoms with E-state index in [1.165, 1.54) is 0 Å². The van der Waals surface area contributed by atoms with Crippen LogP contribution in [0, 0.1) is 16.7 Å². The third-order valence-electron chi connectivity index (χ3n) is 3.64. The lowest BCUT2D eigenvalue weighted by Crippen LogP contribution is -2.24. The van der Waals surface area contributed by atoms with Crippen molar-refractivity contribution in [3.8, 4) is 6.07 Å². The minimum Gasteiger partial charge on any atom is -0.365 e. The van der Waals surface area contributed by atoms with Gasteiger partial charge < -0.3 is 11.1 Å². The minimum atomic E-state index is -0.556. The van der Waals surface area contributed by atoms with E-state index in [0.717, 1.165) is 5.69 Å². The van der Waals surface area contributed by atoms with Crippen molar-refractivity contribution >= 4 is 17.4 Å². The summed E-state index contributed by atoms with van der Waals surface area (Å²) < 4.78 is 1.66. The predicted octanol–water partition coefficient (Wildman–Crippen LogP) is 3.23. The Kier molecular flexibility index (Phi) is 4.70. The number of nitriles is 1. The topological polar surface area (TPSA) is 96.7 Å². The third-order valence-corrected chi connectivity index (χ3v) is 3.64. The first kappa shape index (κ1) is 16.6. The van der Waals surface area contributed by atoms with Gasteiger partial charge in [0, 0.05) is 11.9 Å². The van der Waals surface area contributed by atoms with Crippen molar-refractivity contribution in [1.82, 2.24) is 9.78 Å². The Labute approximate surface area is 135 Å². The highest BCUT2D eigenvalue weighted by atomic mass is 16.1. The first-order valence-electron chi connectivity index (χ1n) is 7.41. The highest BCUT2D eigenvalue weighted by Gasteiger charge is 2.28. The van der Waals surface area contributed by atoms with Crippen LogP contribution in [-0.4, -0.2) is 15.7 Å². The Hall–Kier alpha value is -2.81. The number of para-hydroxylation sites is 1. The lowest BCUT2D eigenvalue weighted by atomic mass is 9.85. The monoisotopic (exact) mass is 311 g/mol. The van der Waals surface area contributed by atoms with Gasteiger partial charge in [0.05, 0.1) is 18.5 Å². The van der Waals surface area contributed by atoms with Gasteiger partial charge in [0.2, 0.25) is 0 Å². The molecule has 0 spiro atoms. The largest absolute Gasteiger partial charge is 0.365 e. The van der Waals surface area contributed by atoms with E-state index in [4.69, 9.17) is 11.0 Å². The van der Waals surface area contributed by atoms with Crippen LogP contribution in [0.2, 0.25) is 0 Å². The van der Waals surface area contributed by atoms with Crippen LogP contribution in [0.4, 0.5) is 11.5 Å². The number of nitrogens with zero attached hydrogens (tertiary/aromatic N) is 3. The van der Waals surface area contributed by atoms with Gasteiger partial charge in [-0.3, -0.25) is 9.48 Å². The second kappa shape index (κ2) is 6.53. The number of carbonyl (C=O) groups excluding carboxylic acids is 1. The summed E-state index contributed by atoms with van der Waals surface area (Å²) in [4.78, 5) is 11.7. The summed E-state index contributed by atoms with van der Waals surface area (Å²) in [5, 5.41) is 16.7. The number of hydrogen-bond donors (Lipinski definition) is 2. The van der Waals surface area contributed by atoms with Crippen LogP contribution in [0.5, 0.6) is 0 Å². The first-order chi connectivity index (χ1) is 10.8. The number of carbonyl (C=O) groups is 1. The van der Waals surface area contributed by atoms with Crippen LogP contribution in [0.3, 0.4) is 0 Å². The number of nitrogens with one attached hydrogen (secondary N) is 1. The van der Waals surface area contributed by atoms with Crippen molar-refractivity contribution in [2.75, 3.05) is 5.32 Å². The van der Waals surface area contributed by atoms with Crippen LogP contribution in [-0.2, 0) is 0 Å². The maximum absolute atomic E-state index is 11.7. The molecule has 1 heterocycles. The molecular formula is C17H21N5O. The summed E-state index contributed by atoms with van der Waals surface area (Å²) in [5.74, 6) is -0.157. The van der Waals surface area contributed by atoms with Crippen molar-refractivity contribution in [2.45, 2.75) is 33.2 Å². The van der Waals surface area contributed by atoms with Crippen molar-refractivity contribution < 1.29 is 4.79 Å². The standard InChI is InChI=1S/C17H21N5O/c1-17(2,3)14(9-10-18)22-11-13(15(19)23)16(21-22)20-12-7-5-4-6-8-12/h4-8,11,14H,9H2,1-3H3,(H2,19,23)(H,20,21). The highest BCUT2D eigenvalue weighted by molar-refractivity contribution is 5.98. The molecule has 0 fully saturated rings. The average Bonchev–Trinajstić information content (AvgIpc) is 2.88. The predicted molar refractivity (Wildman–Crippen MR) is 89.2 cm³/mol. The molecule has 3 N–H and O–H groups in total. The molecule has 2 rings (SSSR count). The Morgan fingerprint density at radius 2 is 2.04 bits per heavy atom. The fourth-order valence-electron chi connectivity index (χ4n) is 2.37. The third kappa shape index (κ3) is 3.89. The number of aromatic nitrogens is 2. The summed E-state index contributed by atoms with van der Waals surface area (Å²) in [6.45, 7) is 6.10. The number of primary amides is 1. The number of hydrogen-bond acceptors (Lipinski definition) is 4. The van der Waals surface area contributed by atoms with E-state index in [-0.39, 0.29) is 11.5 Å². The molecule has 1 aromatic carbocycles. The molecule has 1 amide bonds. The van der Waals surface area contributed by atoms with Crippen molar-refractivity contribution in [2.24, 2.45) is 11.1 Å². The van der Waals surface area contributed by atoms with Crippen LogP contribution in [0.15, 0.2) is 36.5 Å². The molecule has 0 aliphatic carbocycles. The molecule has 1 atom stereocenters. The molecule has 23 heavy (non-hydrogen) atoms. The van der Waals surface area contributed by atoms with Gasteiger partial charge in [0.1, 0.15) is 5.56 Å². The quantitative estimate of drug-likeness (QED) is 0.886. The highest BCUT2D eigenvalue weighted by Crippen LogP contribution is 2.34. The van der Waals surface area contributed by atoms with Gasteiger partial charge in [0.15, 0.2) is 5.82 Å². The van der Waals surface area contributed by atoms with E-state index in [1.807, 2.05) is 51.1 Å². The molecule has 0 aliphatic rings. The van der Waals surface area contributed by atoms with Gasteiger partial charge in [-0.15, -0.1) is 0 Å². The van der Waals surface area contributed by atoms with Gasteiger partial charge in [-0.25, -0.2) is 0 Å². The molecule has 6 nitrogen and oxygen atoms in total. The van der Waals surface area contributed by atoms with Crippen molar-refractivity contribution in [3.63, 3.8) is 0 Å². The maximum Gasteiger partial charge on any atom is 0.254 e. The number of nitrogens with two attached hydrogens (primary N) is 1.